The Morgan fingerprint density at radius 1 is 1.29 bits per heavy atom. The van der Waals surface area contributed by atoms with E-state index in [1.807, 2.05) is 28.8 Å². The molecule has 1 aromatic rings. The molecule has 0 unspecified atom stereocenters. The van der Waals surface area contributed by atoms with Crippen LogP contribution in [0, 0.1) is 0 Å². The van der Waals surface area contributed by atoms with Crippen molar-refractivity contribution >= 4 is 6.03 Å². The Kier molecular flexibility index (Phi) is 6.09. The van der Waals surface area contributed by atoms with Crippen LogP contribution < -0.4 is 5.32 Å². The van der Waals surface area contributed by atoms with Crippen LogP contribution in [0.5, 0.6) is 0 Å². The molecule has 0 bridgehead atoms. The highest BCUT2D eigenvalue weighted by Gasteiger charge is 2.27. The van der Waals surface area contributed by atoms with E-state index in [4.69, 9.17) is 9.47 Å². The summed E-state index contributed by atoms with van der Waals surface area (Å²) in [5.74, 6) is 0. The fourth-order valence-electron chi connectivity index (χ4n) is 3.35. The maximum Gasteiger partial charge on any atom is 0.317 e. The molecule has 0 aromatic carbocycles. The fourth-order valence-corrected chi connectivity index (χ4v) is 3.35. The van der Waals surface area contributed by atoms with Crippen molar-refractivity contribution in [2.75, 3.05) is 26.3 Å². The van der Waals surface area contributed by atoms with Crippen molar-refractivity contribution in [2.45, 2.75) is 57.4 Å². The molecule has 0 aliphatic carbocycles. The van der Waals surface area contributed by atoms with Gasteiger partial charge in [-0.2, -0.15) is 5.10 Å². The van der Waals surface area contributed by atoms with Gasteiger partial charge in [-0.05, 0) is 38.7 Å². The van der Waals surface area contributed by atoms with Crippen molar-refractivity contribution in [1.29, 1.82) is 0 Å². The Bertz CT molecular complexity index is 478. The minimum atomic E-state index is -0.0411. The van der Waals surface area contributed by atoms with E-state index in [-0.39, 0.29) is 24.3 Å². The zero-order valence-corrected chi connectivity index (χ0v) is 14.4. The first-order valence-electron chi connectivity index (χ1n) is 8.97. The van der Waals surface area contributed by atoms with Crippen molar-refractivity contribution in [1.82, 2.24) is 20.0 Å². The summed E-state index contributed by atoms with van der Waals surface area (Å²) in [7, 11) is 0. The third-order valence-corrected chi connectivity index (χ3v) is 4.57. The van der Waals surface area contributed by atoms with Crippen LogP contribution in [0.15, 0.2) is 18.5 Å². The summed E-state index contributed by atoms with van der Waals surface area (Å²) in [6, 6.07) is 1.85. The van der Waals surface area contributed by atoms with E-state index in [1.165, 1.54) is 0 Å². The zero-order chi connectivity index (χ0) is 16.8. The Morgan fingerprint density at radius 2 is 1.96 bits per heavy atom. The van der Waals surface area contributed by atoms with Crippen molar-refractivity contribution in [3.8, 4) is 0 Å². The summed E-state index contributed by atoms with van der Waals surface area (Å²) in [6.45, 7) is 5.54. The van der Waals surface area contributed by atoms with E-state index in [0.717, 1.165) is 38.9 Å². The van der Waals surface area contributed by atoms with Crippen molar-refractivity contribution < 1.29 is 14.3 Å². The number of hydrogen-bond donors (Lipinski definition) is 1. The van der Waals surface area contributed by atoms with Crippen LogP contribution in [0.3, 0.4) is 0 Å². The average Bonchev–Trinajstić information content (AvgIpc) is 3.30. The Morgan fingerprint density at radius 3 is 2.46 bits per heavy atom. The minimum Gasteiger partial charge on any atom is -0.376 e. The van der Waals surface area contributed by atoms with Crippen LogP contribution in [0.25, 0.3) is 0 Å². The number of ether oxygens (including phenoxy) is 2. The van der Waals surface area contributed by atoms with E-state index >= 15 is 0 Å². The zero-order valence-electron chi connectivity index (χ0n) is 14.4. The van der Waals surface area contributed by atoms with E-state index in [1.54, 1.807) is 6.20 Å². The lowest BCUT2D eigenvalue weighted by Crippen LogP contribution is -2.50. The molecule has 3 heterocycles. The largest absolute Gasteiger partial charge is 0.376 e. The quantitative estimate of drug-likeness (QED) is 0.822. The molecule has 2 saturated heterocycles. The summed E-state index contributed by atoms with van der Waals surface area (Å²) in [5.41, 5.74) is 0. The number of hydrogen-bond acceptors (Lipinski definition) is 4. The highest BCUT2D eigenvalue weighted by atomic mass is 16.5. The molecule has 2 aliphatic rings. The second-order valence-corrected chi connectivity index (χ2v) is 6.75. The molecular formula is C17H28N4O3. The van der Waals surface area contributed by atoms with Gasteiger partial charge in [-0.15, -0.1) is 0 Å². The van der Waals surface area contributed by atoms with Gasteiger partial charge in [0.05, 0.1) is 18.8 Å². The molecule has 24 heavy (non-hydrogen) atoms. The van der Waals surface area contributed by atoms with Crippen LogP contribution >= 0.6 is 0 Å². The topological polar surface area (TPSA) is 68.6 Å². The number of amides is 2. The molecule has 2 fully saturated rings. The molecule has 0 radical (unpaired) electrons. The van der Waals surface area contributed by atoms with Gasteiger partial charge in [0, 0.05) is 44.7 Å². The summed E-state index contributed by atoms with van der Waals surface area (Å²) >= 11 is 0. The minimum absolute atomic E-state index is 0.00823. The standard InChI is InChI=1S/C17H28N4O3/c1-14(11-21-8-4-7-18-21)19-17(22)20(12-15-5-2-9-23-15)13-16-6-3-10-24-16/h4,7-8,14-16H,2-3,5-6,9-13H2,1H3,(H,19,22)/t14-,15-,16+/m1/s1. The van der Waals surface area contributed by atoms with Gasteiger partial charge in [-0.3, -0.25) is 4.68 Å². The van der Waals surface area contributed by atoms with Crippen molar-refractivity contribution in [2.24, 2.45) is 0 Å². The number of urea groups is 1. The molecule has 134 valence electrons. The average molecular weight is 336 g/mol. The monoisotopic (exact) mass is 336 g/mol. The third kappa shape index (κ3) is 4.95. The highest BCUT2D eigenvalue weighted by Crippen LogP contribution is 2.17. The van der Waals surface area contributed by atoms with E-state index < -0.39 is 0 Å². The first-order valence-corrected chi connectivity index (χ1v) is 8.97. The van der Waals surface area contributed by atoms with E-state index in [0.29, 0.717) is 19.6 Å². The summed E-state index contributed by atoms with van der Waals surface area (Å²) in [4.78, 5) is 14.6. The first-order chi connectivity index (χ1) is 11.7. The maximum absolute atomic E-state index is 12.7. The number of nitrogens with one attached hydrogen (secondary N) is 1. The maximum atomic E-state index is 12.7. The van der Waals surface area contributed by atoms with Crippen LogP contribution in [-0.4, -0.2) is 65.3 Å². The second kappa shape index (κ2) is 8.48. The fraction of sp³-hybridized carbons (Fsp3) is 0.765. The van der Waals surface area contributed by atoms with Gasteiger partial charge < -0.3 is 19.7 Å². The first kappa shape index (κ1) is 17.2. The lowest BCUT2D eigenvalue weighted by atomic mass is 10.2. The van der Waals surface area contributed by atoms with Gasteiger partial charge in [0.25, 0.3) is 0 Å². The molecule has 3 atom stereocenters. The molecule has 2 amide bonds. The van der Waals surface area contributed by atoms with Crippen molar-refractivity contribution in [3.05, 3.63) is 18.5 Å². The number of carbonyl (C=O) groups excluding carboxylic acids is 1. The Hall–Kier alpha value is -1.60. The van der Waals surface area contributed by atoms with Crippen LogP contribution in [0.4, 0.5) is 4.79 Å². The molecule has 2 aliphatic heterocycles. The molecule has 7 nitrogen and oxygen atoms in total. The summed E-state index contributed by atoms with van der Waals surface area (Å²) in [5, 5.41) is 7.27. The predicted octanol–water partition coefficient (Wildman–Crippen LogP) is 1.64. The van der Waals surface area contributed by atoms with Gasteiger partial charge in [-0.1, -0.05) is 0 Å². The van der Waals surface area contributed by atoms with E-state index in [9.17, 15) is 4.79 Å². The molecular weight excluding hydrogens is 308 g/mol. The SMILES string of the molecule is C[C@H](Cn1cccn1)NC(=O)N(C[C@H]1CCCO1)C[C@@H]1CCCO1. The number of carbonyl (C=O) groups is 1. The van der Waals surface area contributed by atoms with Gasteiger partial charge in [-0.25, -0.2) is 4.79 Å². The van der Waals surface area contributed by atoms with Gasteiger partial charge in [0.1, 0.15) is 0 Å². The second-order valence-electron chi connectivity index (χ2n) is 6.75. The van der Waals surface area contributed by atoms with Crippen LogP contribution in [0.2, 0.25) is 0 Å². The molecule has 0 spiro atoms. The molecule has 1 N–H and O–H groups in total. The number of rotatable bonds is 7. The summed E-state index contributed by atoms with van der Waals surface area (Å²) in [6.07, 6.45) is 8.16. The van der Waals surface area contributed by atoms with Crippen LogP contribution in [-0.2, 0) is 16.0 Å². The third-order valence-electron chi connectivity index (χ3n) is 4.57. The smallest absolute Gasteiger partial charge is 0.317 e. The predicted molar refractivity (Wildman–Crippen MR) is 89.7 cm³/mol. The van der Waals surface area contributed by atoms with Gasteiger partial charge in [0.2, 0.25) is 0 Å². The Labute approximate surface area is 143 Å². The summed E-state index contributed by atoms with van der Waals surface area (Å²) < 4.78 is 13.3. The lowest BCUT2D eigenvalue weighted by Gasteiger charge is -2.29. The molecule has 1 aromatic heterocycles. The normalized spacial score (nSPS) is 24.9. The lowest BCUT2D eigenvalue weighted by molar-refractivity contribution is 0.0493. The Balaban J connectivity index is 1.54. The van der Waals surface area contributed by atoms with Crippen molar-refractivity contribution in [3.63, 3.8) is 0 Å². The molecule has 0 saturated carbocycles. The number of nitrogens with zero attached hydrogens (tertiary/aromatic N) is 3. The molecule has 3 rings (SSSR count). The van der Waals surface area contributed by atoms with Gasteiger partial charge >= 0.3 is 6.03 Å². The van der Waals surface area contributed by atoms with Crippen LogP contribution in [0.1, 0.15) is 32.6 Å². The number of aromatic nitrogens is 2. The van der Waals surface area contributed by atoms with E-state index in [2.05, 4.69) is 10.4 Å². The molecule has 7 heteroatoms. The van der Waals surface area contributed by atoms with Gasteiger partial charge in [0.15, 0.2) is 0 Å². The highest BCUT2D eigenvalue weighted by molar-refractivity contribution is 5.74.